The molecule has 1 amide bonds. The van der Waals surface area contributed by atoms with Crippen molar-refractivity contribution < 1.29 is 4.79 Å². The van der Waals surface area contributed by atoms with Crippen molar-refractivity contribution in [2.45, 2.75) is 19.3 Å². The van der Waals surface area contributed by atoms with E-state index in [9.17, 15) is 4.79 Å². The van der Waals surface area contributed by atoms with Crippen LogP contribution in [0.1, 0.15) is 29.2 Å². The molecule has 1 N–H and O–H groups in total. The lowest BCUT2D eigenvalue weighted by Gasteiger charge is -2.25. The summed E-state index contributed by atoms with van der Waals surface area (Å²) in [5, 5.41) is 15.7. The van der Waals surface area contributed by atoms with Crippen LogP contribution in [0.25, 0.3) is 5.82 Å². The quantitative estimate of drug-likeness (QED) is 0.686. The van der Waals surface area contributed by atoms with Crippen molar-refractivity contribution in [3.8, 4) is 5.82 Å². The fraction of sp³-hybridized carbons (Fsp3) is 0.176. The topological polar surface area (TPSA) is 72.7 Å². The van der Waals surface area contributed by atoms with E-state index in [1.807, 2.05) is 31.2 Å². The first-order valence-corrected chi connectivity index (χ1v) is 8.85. The van der Waals surface area contributed by atoms with E-state index in [0.717, 1.165) is 21.3 Å². The van der Waals surface area contributed by atoms with Gasteiger partial charge in [0.1, 0.15) is 5.82 Å². The van der Waals surface area contributed by atoms with Crippen molar-refractivity contribution in [2.24, 2.45) is 0 Å². The van der Waals surface area contributed by atoms with Crippen LogP contribution in [0.5, 0.6) is 0 Å². The molecule has 1 aliphatic rings. The fourth-order valence-corrected chi connectivity index (χ4v) is 3.82. The molecule has 1 aliphatic heterocycles. The van der Waals surface area contributed by atoms with Crippen molar-refractivity contribution in [1.82, 2.24) is 20.0 Å². The molecule has 1 atom stereocenters. The summed E-state index contributed by atoms with van der Waals surface area (Å²) in [5.74, 6) is 0.998. The number of nitrogens with zero attached hydrogens (tertiary/aromatic N) is 4. The van der Waals surface area contributed by atoms with Gasteiger partial charge in [-0.1, -0.05) is 45.7 Å². The Morgan fingerprint density at radius 3 is 2.76 bits per heavy atom. The highest BCUT2D eigenvalue weighted by atomic mass is 79.9. The molecule has 0 unspecified atom stereocenters. The predicted molar refractivity (Wildman–Crippen MR) is 98.1 cm³/mol. The van der Waals surface area contributed by atoms with Crippen LogP contribution < -0.4 is 5.32 Å². The number of fused-ring (bicyclic) bond motifs is 1. The van der Waals surface area contributed by atoms with Gasteiger partial charge in [0.25, 0.3) is 0 Å². The molecule has 0 fully saturated rings. The first-order chi connectivity index (χ1) is 12.0. The van der Waals surface area contributed by atoms with Gasteiger partial charge in [0.2, 0.25) is 5.91 Å². The summed E-state index contributed by atoms with van der Waals surface area (Å²) in [6.45, 7) is 1.93. The van der Waals surface area contributed by atoms with Crippen molar-refractivity contribution >= 4 is 39.3 Å². The SMILES string of the molecule is Cc1nn(-c2ccc(Cl)nn2)c2c1[C@H](c1ccccc1Br)CC(=O)N2. The minimum atomic E-state index is -0.0756. The first kappa shape index (κ1) is 16.2. The zero-order valence-electron chi connectivity index (χ0n) is 13.2. The normalized spacial score (nSPS) is 16.4. The first-order valence-electron chi connectivity index (χ1n) is 7.68. The van der Waals surface area contributed by atoms with Crippen LogP contribution in [0.2, 0.25) is 5.15 Å². The minimum absolute atomic E-state index is 0.0590. The Labute approximate surface area is 157 Å². The van der Waals surface area contributed by atoms with Gasteiger partial charge in [0, 0.05) is 22.4 Å². The van der Waals surface area contributed by atoms with E-state index in [1.165, 1.54) is 0 Å². The van der Waals surface area contributed by atoms with Gasteiger partial charge < -0.3 is 5.32 Å². The fourth-order valence-electron chi connectivity index (χ4n) is 3.16. The van der Waals surface area contributed by atoms with Crippen LogP contribution in [0.3, 0.4) is 0 Å². The van der Waals surface area contributed by atoms with Crippen molar-refractivity contribution in [3.05, 3.63) is 62.8 Å². The number of benzene rings is 1. The number of nitrogens with one attached hydrogen (secondary N) is 1. The number of amides is 1. The van der Waals surface area contributed by atoms with Gasteiger partial charge in [-0.15, -0.1) is 10.2 Å². The van der Waals surface area contributed by atoms with Crippen LogP contribution in [0, 0.1) is 6.92 Å². The second kappa shape index (κ2) is 6.24. The van der Waals surface area contributed by atoms with Crippen molar-refractivity contribution in [2.75, 3.05) is 5.32 Å². The number of rotatable bonds is 2. The van der Waals surface area contributed by atoms with E-state index < -0.39 is 0 Å². The summed E-state index contributed by atoms with van der Waals surface area (Å²) in [5.41, 5.74) is 2.89. The second-order valence-corrected chi connectivity index (χ2v) is 7.04. The number of carbonyl (C=O) groups excluding carboxylic acids is 1. The molecule has 6 nitrogen and oxygen atoms in total. The summed E-state index contributed by atoms with van der Waals surface area (Å²) in [7, 11) is 0. The van der Waals surface area contributed by atoms with E-state index in [2.05, 4.69) is 36.5 Å². The maximum absolute atomic E-state index is 12.3. The molecule has 3 heterocycles. The molecule has 2 aromatic heterocycles. The van der Waals surface area contributed by atoms with Gasteiger partial charge in [0.15, 0.2) is 11.0 Å². The molecule has 1 aromatic carbocycles. The molecule has 0 spiro atoms. The highest BCUT2D eigenvalue weighted by Crippen LogP contribution is 2.42. The van der Waals surface area contributed by atoms with Crippen molar-refractivity contribution in [1.29, 1.82) is 0 Å². The largest absolute Gasteiger partial charge is 0.310 e. The Bertz CT molecular complexity index is 970. The molecule has 4 rings (SSSR count). The average molecular weight is 419 g/mol. The van der Waals surface area contributed by atoms with Crippen LogP contribution in [0.15, 0.2) is 40.9 Å². The standard InChI is InChI=1S/C17H13BrClN5O/c1-9-16-11(10-4-2-3-5-12(10)18)8-15(25)20-17(16)24(23-9)14-7-6-13(19)21-22-14/h2-7,11H,8H2,1H3,(H,20,25)/t11-/m0/s1. The number of carbonyl (C=O) groups is 1. The molecule has 25 heavy (non-hydrogen) atoms. The average Bonchev–Trinajstić information content (AvgIpc) is 2.92. The van der Waals surface area contributed by atoms with Gasteiger partial charge in [-0.2, -0.15) is 9.78 Å². The molecule has 0 saturated heterocycles. The van der Waals surface area contributed by atoms with Crippen LogP contribution in [-0.4, -0.2) is 25.9 Å². The number of hydrogen-bond acceptors (Lipinski definition) is 4. The zero-order chi connectivity index (χ0) is 17.6. The summed E-state index contributed by atoms with van der Waals surface area (Å²) in [4.78, 5) is 12.3. The van der Waals surface area contributed by atoms with Gasteiger partial charge in [-0.25, -0.2) is 0 Å². The molecule has 0 bridgehead atoms. The molecule has 0 aliphatic carbocycles. The van der Waals surface area contributed by atoms with Gasteiger partial charge in [-0.05, 0) is 30.7 Å². The molecular weight excluding hydrogens is 406 g/mol. The van der Waals surface area contributed by atoms with Crippen LogP contribution >= 0.6 is 27.5 Å². The third kappa shape index (κ3) is 2.83. The van der Waals surface area contributed by atoms with E-state index in [4.69, 9.17) is 11.6 Å². The Morgan fingerprint density at radius 1 is 1.24 bits per heavy atom. The third-order valence-corrected chi connectivity index (χ3v) is 5.14. The van der Waals surface area contributed by atoms with Crippen LogP contribution in [-0.2, 0) is 4.79 Å². The molecule has 0 radical (unpaired) electrons. The minimum Gasteiger partial charge on any atom is -0.310 e. The van der Waals surface area contributed by atoms with Gasteiger partial charge in [-0.3, -0.25) is 4.79 Å². The molecular formula is C17H13BrClN5O. The van der Waals surface area contributed by atoms with Gasteiger partial charge >= 0.3 is 0 Å². The highest BCUT2D eigenvalue weighted by Gasteiger charge is 2.33. The number of hydrogen-bond donors (Lipinski definition) is 1. The predicted octanol–water partition coefficient (Wildman–Crippen LogP) is 3.86. The molecule has 126 valence electrons. The van der Waals surface area contributed by atoms with Crippen molar-refractivity contribution in [3.63, 3.8) is 0 Å². The van der Waals surface area contributed by atoms with E-state index in [1.54, 1.807) is 16.8 Å². The lowest BCUT2D eigenvalue weighted by molar-refractivity contribution is -0.116. The van der Waals surface area contributed by atoms with E-state index in [0.29, 0.717) is 23.2 Å². The summed E-state index contributed by atoms with van der Waals surface area (Å²) in [6, 6.07) is 11.3. The Hall–Kier alpha value is -2.25. The van der Waals surface area contributed by atoms with Gasteiger partial charge in [0.05, 0.1) is 5.69 Å². The van der Waals surface area contributed by atoms with E-state index >= 15 is 0 Å². The lowest BCUT2D eigenvalue weighted by Crippen LogP contribution is -2.25. The third-order valence-electron chi connectivity index (χ3n) is 4.22. The number of halogens is 2. The maximum atomic E-state index is 12.3. The van der Waals surface area contributed by atoms with E-state index in [-0.39, 0.29) is 11.8 Å². The zero-order valence-corrected chi connectivity index (χ0v) is 15.5. The number of aromatic nitrogens is 4. The molecule has 3 aromatic rings. The summed E-state index contributed by atoms with van der Waals surface area (Å²) < 4.78 is 2.58. The Kier molecular flexibility index (Phi) is 4.05. The monoisotopic (exact) mass is 417 g/mol. The maximum Gasteiger partial charge on any atom is 0.226 e. The summed E-state index contributed by atoms with van der Waals surface area (Å²) >= 11 is 9.41. The summed E-state index contributed by atoms with van der Waals surface area (Å²) in [6.07, 6.45) is 0.369. The smallest absolute Gasteiger partial charge is 0.226 e. The molecule has 0 saturated carbocycles. The number of anilines is 1. The Balaban J connectivity index is 1.89. The Morgan fingerprint density at radius 2 is 2.04 bits per heavy atom. The lowest BCUT2D eigenvalue weighted by atomic mass is 9.86. The molecule has 8 heteroatoms. The number of aryl methyl sites for hydroxylation is 1. The second-order valence-electron chi connectivity index (χ2n) is 5.80. The highest BCUT2D eigenvalue weighted by molar-refractivity contribution is 9.10. The van der Waals surface area contributed by atoms with Crippen LogP contribution in [0.4, 0.5) is 5.82 Å².